The van der Waals surface area contributed by atoms with Crippen LogP contribution in [0.15, 0.2) is 60.7 Å². The van der Waals surface area contributed by atoms with Gasteiger partial charge in [0.1, 0.15) is 0 Å². The van der Waals surface area contributed by atoms with Gasteiger partial charge in [-0.3, -0.25) is 0 Å². The van der Waals surface area contributed by atoms with Crippen molar-refractivity contribution in [2.75, 3.05) is 5.73 Å². The molecule has 0 atom stereocenters. The number of aryl methyl sites for hydroxylation is 1. The molecule has 5 rings (SSSR count). The van der Waals surface area contributed by atoms with Crippen molar-refractivity contribution in [3.05, 3.63) is 66.2 Å². The molecular formula is C21H15N. The Morgan fingerprint density at radius 2 is 1.32 bits per heavy atom. The molecule has 5 aromatic carbocycles. The van der Waals surface area contributed by atoms with E-state index >= 15 is 0 Å². The van der Waals surface area contributed by atoms with Crippen LogP contribution in [0, 0.1) is 6.92 Å². The molecule has 0 aromatic heterocycles. The van der Waals surface area contributed by atoms with Crippen LogP contribution in [0.3, 0.4) is 0 Å². The van der Waals surface area contributed by atoms with Gasteiger partial charge in [-0.1, -0.05) is 48.5 Å². The molecule has 0 heterocycles. The monoisotopic (exact) mass is 281 g/mol. The zero-order valence-corrected chi connectivity index (χ0v) is 12.4. The van der Waals surface area contributed by atoms with E-state index in [0.717, 1.165) is 11.3 Å². The van der Waals surface area contributed by atoms with Gasteiger partial charge in [-0.05, 0) is 62.3 Å². The van der Waals surface area contributed by atoms with Gasteiger partial charge in [-0.25, -0.2) is 0 Å². The number of rotatable bonds is 0. The van der Waals surface area contributed by atoms with Gasteiger partial charge in [0.2, 0.25) is 0 Å². The first kappa shape index (κ1) is 11.8. The predicted molar refractivity (Wildman–Crippen MR) is 96.8 cm³/mol. The lowest BCUT2D eigenvalue weighted by atomic mass is 9.89. The lowest BCUT2D eigenvalue weighted by molar-refractivity contribution is 1.52. The Morgan fingerprint density at radius 1 is 0.636 bits per heavy atom. The highest BCUT2D eigenvalue weighted by molar-refractivity contribution is 6.30. The molecule has 2 N–H and O–H groups in total. The quantitative estimate of drug-likeness (QED) is 0.222. The molecule has 5 aromatic rings. The average molecular weight is 281 g/mol. The highest BCUT2D eigenvalue weighted by Gasteiger charge is 2.13. The summed E-state index contributed by atoms with van der Waals surface area (Å²) >= 11 is 0. The highest BCUT2D eigenvalue weighted by Crippen LogP contribution is 2.40. The molecule has 0 amide bonds. The minimum atomic E-state index is 0.898. The summed E-state index contributed by atoms with van der Waals surface area (Å²) in [6.45, 7) is 2.08. The molecule has 0 spiro atoms. The topological polar surface area (TPSA) is 26.0 Å². The Bertz CT molecular complexity index is 1180. The molecule has 0 saturated carbocycles. The summed E-state index contributed by atoms with van der Waals surface area (Å²) in [5.41, 5.74) is 8.39. The highest BCUT2D eigenvalue weighted by atomic mass is 14.6. The van der Waals surface area contributed by atoms with E-state index in [1.165, 1.54) is 43.1 Å². The summed E-state index contributed by atoms with van der Waals surface area (Å²) in [5.74, 6) is 0. The van der Waals surface area contributed by atoms with Crippen molar-refractivity contribution in [1.82, 2.24) is 0 Å². The van der Waals surface area contributed by atoms with Gasteiger partial charge in [0, 0.05) is 11.1 Å². The largest absolute Gasteiger partial charge is 0.398 e. The van der Waals surface area contributed by atoms with Crippen LogP contribution in [0.1, 0.15) is 5.56 Å². The van der Waals surface area contributed by atoms with Crippen LogP contribution in [-0.2, 0) is 0 Å². The number of anilines is 1. The van der Waals surface area contributed by atoms with E-state index in [1.807, 2.05) is 0 Å². The fraction of sp³-hybridized carbons (Fsp3) is 0.0476. The molecule has 0 fully saturated rings. The Balaban J connectivity index is 2.19. The normalized spacial score (nSPS) is 12.0. The first-order valence-corrected chi connectivity index (χ1v) is 7.59. The Kier molecular flexibility index (Phi) is 2.09. The molecule has 0 aliphatic carbocycles. The van der Waals surface area contributed by atoms with Crippen LogP contribution >= 0.6 is 0 Å². The summed E-state index contributed by atoms with van der Waals surface area (Å²) in [7, 11) is 0. The van der Waals surface area contributed by atoms with E-state index in [-0.39, 0.29) is 0 Å². The van der Waals surface area contributed by atoms with Crippen molar-refractivity contribution in [2.24, 2.45) is 0 Å². The van der Waals surface area contributed by atoms with E-state index in [1.54, 1.807) is 0 Å². The number of benzene rings is 5. The van der Waals surface area contributed by atoms with Crippen LogP contribution in [0.25, 0.3) is 43.1 Å². The molecule has 0 radical (unpaired) electrons. The molecule has 0 aliphatic heterocycles. The Hall–Kier alpha value is -2.80. The summed E-state index contributed by atoms with van der Waals surface area (Å²) in [6.07, 6.45) is 0. The summed E-state index contributed by atoms with van der Waals surface area (Å²) in [4.78, 5) is 0. The van der Waals surface area contributed by atoms with Gasteiger partial charge in [-0.15, -0.1) is 0 Å². The zero-order valence-electron chi connectivity index (χ0n) is 12.4. The average Bonchev–Trinajstić information content (AvgIpc) is 2.55. The van der Waals surface area contributed by atoms with Crippen molar-refractivity contribution in [2.45, 2.75) is 6.92 Å². The van der Waals surface area contributed by atoms with Gasteiger partial charge in [0.05, 0.1) is 0 Å². The van der Waals surface area contributed by atoms with Crippen molar-refractivity contribution < 1.29 is 0 Å². The second-order valence-corrected chi connectivity index (χ2v) is 6.13. The second kappa shape index (κ2) is 3.89. The molecule has 0 unspecified atom stereocenters. The first-order valence-electron chi connectivity index (χ1n) is 7.59. The first-order chi connectivity index (χ1) is 10.7. The minimum Gasteiger partial charge on any atom is -0.398 e. The standard InChI is InChI=1S/C21H15N/c1-12-10-14-6-7-15-11-13-4-2-3-5-16(13)17-8-9-18(21(12)22)20(14)19(15)17/h2-11H,22H2,1H3. The Morgan fingerprint density at radius 3 is 2.18 bits per heavy atom. The summed E-state index contributed by atoms with van der Waals surface area (Å²) in [6, 6.07) is 21.9. The fourth-order valence-corrected chi connectivity index (χ4v) is 3.80. The second-order valence-electron chi connectivity index (χ2n) is 6.13. The van der Waals surface area contributed by atoms with Gasteiger partial charge < -0.3 is 5.73 Å². The van der Waals surface area contributed by atoms with E-state index in [4.69, 9.17) is 5.73 Å². The van der Waals surface area contributed by atoms with Gasteiger partial charge >= 0.3 is 0 Å². The summed E-state index contributed by atoms with van der Waals surface area (Å²) in [5, 5.41) is 10.3. The van der Waals surface area contributed by atoms with Crippen LogP contribution in [0.4, 0.5) is 5.69 Å². The molecule has 0 bridgehead atoms. The van der Waals surface area contributed by atoms with E-state index in [9.17, 15) is 0 Å². The zero-order chi connectivity index (χ0) is 14.8. The minimum absolute atomic E-state index is 0.898. The van der Waals surface area contributed by atoms with E-state index < -0.39 is 0 Å². The van der Waals surface area contributed by atoms with Gasteiger partial charge in [0.15, 0.2) is 0 Å². The third kappa shape index (κ3) is 1.33. The van der Waals surface area contributed by atoms with Gasteiger partial charge in [0.25, 0.3) is 0 Å². The maximum absolute atomic E-state index is 6.34. The molecule has 0 aliphatic rings. The number of nitrogen functional groups attached to an aromatic ring is 1. The van der Waals surface area contributed by atoms with Crippen molar-refractivity contribution >= 4 is 48.8 Å². The van der Waals surface area contributed by atoms with Crippen LogP contribution in [-0.4, -0.2) is 0 Å². The third-order valence-electron chi connectivity index (χ3n) is 4.87. The number of hydrogen-bond acceptors (Lipinski definition) is 1. The SMILES string of the molecule is Cc1cc2ccc3cc4ccccc4c4ccc(c1N)c2c34. The molecule has 0 saturated heterocycles. The maximum atomic E-state index is 6.34. The number of nitrogens with two attached hydrogens (primary N) is 1. The molecule has 1 nitrogen and oxygen atoms in total. The number of fused-ring (bicyclic) bond motifs is 2. The van der Waals surface area contributed by atoms with E-state index in [2.05, 4.69) is 67.6 Å². The fourth-order valence-electron chi connectivity index (χ4n) is 3.80. The van der Waals surface area contributed by atoms with Gasteiger partial charge in [-0.2, -0.15) is 0 Å². The Labute approximate surface area is 128 Å². The predicted octanol–water partition coefficient (Wildman–Crippen LogP) is 5.63. The third-order valence-corrected chi connectivity index (χ3v) is 4.87. The van der Waals surface area contributed by atoms with Crippen LogP contribution in [0.2, 0.25) is 0 Å². The van der Waals surface area contributed by atoms with Crippen molar-refractivity contribution in [3.63, 3.8) is 0 Å². The number of hydrogen-bond donors (Lipinski definition) is 1. The maximum Gasteiger partial charge on any atom is 0.0424 e. The molecule has 22 heavy (non-hydrogen) atoms. The van der Waals surface area contributed by atoms with Crippen LogP contribution < -0.4 is 5.73 Å². The van der Waals surface area contributed by atoms with E-state index in [0.29, 0.717) is 0 Å². The van der Waals surface area contributed by atoms with Crippen molar-refractivity contribution in [3.8, 4) is 0 Å². The van der Waals surface area contributed by atoms with Crippen LogP contribution in [0.5, 0.6) is 0 Å². The lowest BCUT2D eigenvalue weighted by Crippen LogP contribution is -1.94. The molecule has 1 heteroatoms. The summed E-state index contributed by atoms with van der Waals surface area (Å²) < 4.78 is 0. The molecular weight excluding hydrogens is 266 g/mol. The van der Waals surface area contributed by atoms with Crippen molar-refractivity contribution in [1.29, 1.82) is 0 Å². The smallest absolute Gasteiger partial charge is 0.0424 e. The lowest BCUT2D eigenvalue weighted by Gasteiger charge is -2.15. The molecule has 104 valence electrons.